The van der Waals surface area contributed by atoms with E-state index in [9.17, 15) is 19.2 Å². The number of rotatable bonds is 7. The Hall–Kier alpha value is -2.46. The minimum absolute atomic E-state index is 0.00135. The molecule has 10 heteroatoms. The van der Waals surface area contributed by atoms with E-state index < -0.39 is 12.0 Å². The van der Waals surface area contributed by atoms with Crippen LogP contribution in [0.4, 0.5) is 4.79 Å². The van der Waals surface area contributed by atoms with E-state index in [4.69, 9.17) is 0 Å². The normalized spacial score (nSPS) is 15.1. The number of quaternary nitrogens is 1. The van der Waals surface area contributed by atoms with Crippen molar-refractivity contribution in [2.45, 2.75) is 13.8 Å². The Balaban J connectivity index is 1.78. The Morgan fingerprint density at radius 2 is 1.79 bits per heavy atom. The summed E-state index contributed by atoms with van der Waals surface area (Å²) < 4.78 is 4.67. The van der Waals surface area contributed by atoms with Gasteiger partial charge in [0.15, 0.2) is 13.1 Å². The van der Waals surface area contributed by atoms with Crippen LogP contribution >= 0.6 is 11.3 Å². The molecule has 154 valence electrons. The van der Waals surface area contributed by atoms with Crippen LogP contribution in [0.5, 0.6) is 0 Å². The molecule has 1 fully saturated rings. The quantitative estimate of drug-likeness (QED) is 0.613. The Morgan fingerprint density at radius 1 is 1.11 bits per heavy atom. The summed E-state index contributed by atoms with van der Waals surface area (Å²) in [4.78, 5) is 53.0. The zero-order chi connectivity index (χ0) is 20.5. The zero-order valence-electron chi connectivity index (χ0n) is 16.2. The molecular weight excluding hydrogens is 384 g/mol. The average Bonchev–Trinajstić information content (AvgIpc) is 3.21. The Kier molecular flexibility index (Phi) is 8.40. The summed E-state index contributed by atoms with van der Waals surface area (Å²) >= 11 is 1.41. The van der Waals surface area contributed by atoms with Gasteiger partial charge in [0.2, 0.25) is 0 Å². The first kappa shape index (κ1) is 21.8. The highest BCUT2D eigenvalue weighted by molar-refractivity contribution is 7.12. The third-order valence-electron chi connectivity index (χ3n) is 4.48. The minimum atomic E-state index is -0.777. The first-order chi connectivity index (χ1) is 13.4. The predicted octanol–water partition coefficient (Wildman–Crippen LogP) is -0.790. The van der Waals surface area contributed by atoms with Gasteiger partial charge in [0.05, 0.1) is 18.0 Å². The predicted molar refractivity (Wildman–Crippen MR) is 103 cm³/mol. The van der Waals surface area contributed by atoms with E-state index in [1.165, 1.54) is 11.3 Å². The van der Waals surface area contributed by atoms with Crippen LogP contribution in [0.3, 0.4) is 0 Å². The van der Waals surface area contributed by atoms with Crippen molar-refractivity contribution in [3.63, 3.8) is 0 Å². The van der Waals surface area contributed by atoms with Gasteiger partial charge in [0, 0.05) is 26.2 Å². The molecule has 0 spiro atoms. The maximum atomic E-state index is 12.6. The molecule has 2 rings (SSSR count). The van der Waals surface area contributed by atoms with Crippen molar-refractivity contribution in [2.24, 2.45) is 0 Å². The fraction of sp³-hybridized carbons (Fsp3) is 0.556. The molecule has 0 radical (unpaired) electrons. The number of alkyl carbamates (subject to hydrolysis) is 1. The summed E-state index contributed by atoms with van der Waals surface area (Å²) in [5, 5.41) is 4.01. The molecule has 4 amide bonds. The maximum absolute atomic E-state index is 12.6. The number of carbonyl (C=O) groups excluding carboxylic acids is 4. The number of imide groups is 1. The molecular formula is C18H27N4O5S+. The van der Waals surface area contributed by atoms with E-state index in [-0.39, 0.29) is 31.5 Å². The van der Waals surface area contributed by atoms with Gasteiger partial charge >= 0.3 is 6.09 Å². The number of likely N-dealkylation sites (N-methyl/N-ethyl adjacent to an activating group) is 1. The van der Waals surface area contributed by atoms with Crippen LogP contribution in [0.2, 0.25) is 0 Å². The van der Waals surface area contributed by atoms with Crippen LogP contribution in [-0.2, 0) is 14.3 Å². The van der Waals surface area contributed by atoms with E-state index in [1.807, 2.05) is 18.4 Å². The van der Waals surface area contributed by atoms with E-state index in [0.29, 0.717) is 37.6 Å². The number of hydrogen-bond donors (Lipinski definition) is 2. The molecule has 2 heterocycles. The van der Waals surface area contributed by atoms with Crippen LogP contribution in [0.15, 0.2) is 17.5 Å². The number of nitrogens with zero attached hydrogens (tertiary/aromatic N) is 2. The highest BCUT2D eigenvalue weighted by atomic mass is 32.1. The smallest absolute Gasteiger partial charge is 0.414 e. The highest BCUT2D eigenvalue weighted by Gasteiger charge is 2.27. The number of ether oxygens (including phenoxy) is 1. The first-order valence-corrected chi connectivity index (χ1v) is 10.2. The van der Waals surface area contributed by atoms with E-state index in [1.54, 1.807) is 22.8 Å². The van der Waals surface area contributed by atoms with E-state index in [2.05, 4.69) is 10.1 Å². The van der Waals surface area contributed by atoms with Crippen molar-refractivity contribution in [3.8, 4) is 0 Å². The second-order valence-electron chi connectivity index (χ2n) is 6.38. The van der Waals surface area contributed by atoms with Gasteiger partial charge in [-0.25, -0.2) is 4.79 Å². The van der Waals surface area contributed by atoms with Gasteiger partial charge < -0.3 is 19.4 Å². The molecule has 0 saturated carbocycles. The standard InChI is InChI=1S/C18H26N4O5S/c1-3-20(12-15(23)19-18(26)27-4-2)13-16(24)21-7-9-22(10-8-21)17(25)14-6-5-11-28-14/h5-6,11H,3-4,7-10,12-13H2,1-2H3,(H,19,23,26)/p+1. The lowest BCUT2D eigenvalue weighted by molar-refractivity contribution is -0.882. The summed E-state index contributed by atoms with van der Waals surface area (Å²) in [6, 6.07) is 3.65. The molecule has 28 heavy (non-hydrogen) atoms. The summed E-state index contributed by atoms with van der Waals surface area (Å²) in [6.07, 6.45) is -0.777. The van der Waals surface area contributed by atoms with E-state index >= 15 is 0 Å². The molecule has 0 aromatic carbocycles. The molecule has 1 aliphatic rings. The largest absolute Gasteiger partial charge is 0.450 e. The molecule has 1 saturated heterocycles. The van der Waals surface area contributed by atoms with Crippen LogP contribution in [0, 0.1) is 0 Å². The van der Waals surface area contributed by atoms with Crippen molar-refractivity contribution in [3.05, 3.63) is 22.4 Å². The van der Waals surface area contributed by atoms with Gasteiger partial charge in [-0.05, 0) is 25.3 Å². The number of hydrogen-bond acceptors (Lipinski definition) is 6. The van der Waals surface area contributed by atoms with Crippen LogP contribution in [-0.4, -0.2) is 86.0 Å². The number of piperazine rings is 1. The third kappa shape index (κ3) is 6.31. The average molecular weight is 412 g/mol. The van der Waals surface area contributed by atoms with Gasteiger partial charge in [-0.3, -0.25) is 19.7 Å². The second-order valence-corrected chi connectivity index (χ2v) is 7.32. The molecule has 0 bridgehead atoms. The van der Waals surface area contributed by atoms with Gasteiger partial charge in [0.25, 0.3) is 17.7 Å². The lowest BCUT2D eigenvalue weighted by Crippen LogP contribution is -3.14. The molecule has 1 aromatic rings. The molecule has 0 aliphatic carbocycles. The van der Waals surface area contributed by atoms with Crippen LogP contribution in [0.1, 0.15) is 23.5 Å². The summed E-state index contributed by atoms with van der Waals surface area (Å²) in [6.45, 7) is 6.38. The summed E-state index contributed by atoms with van der Waals surface area (Å²) in [5.41, 5.74) is 0. The highest BCUT2D eigenvalue weighted by Crippen LogP contribution is 2.13. The SMILES string of the molecule is CCOC(=O)NC(=O)C[NH+](CC)CC(=O)N1CCN(C(=O)c2cccs2)CC1. The number of amides is 4. The number of thiophene rings is 1. The van der Waals surface area contributed by atoms with E-state index in [0.717, 1.165) is 4.90 Å². The lowest BCUT2D eigenvalue weighted by atomic mass is 10.2. The molecule has 1 aliphatic heterocycles. The molecule has 1 atom stereocenters. The molecule has 1 aromatic heterocycles. The monoisotopic (exact) mass is 411 g/mol. The van der Waals surface area contributed by atoms with Crippen LogP contribution < -0.4 is 10.2 Å². The van der Waals surface area contributed by atoms with Gasteiger partial charge in [0.1, 0.15) is 0 Å². The van der Waals surface area contributed by atoms with Crippen molar-refractivity contribution in [2.75, 3.05) is 52.4 Å². The minimum Gasteiger partial charge on any atom is -0.450 e. The van der Waals surface area contributed by atoms with Crippen LogP contribution in [0.25, 0.3) is 0 Å². The maximum Gasteiger partial charge on any atom is 0.414 e. The first-order valence-electron chi connectivity index (χ1n) is 9.35. The van der Waals surface area contributed by atoms with Crippen molar-refractivity contribution in [1.82, 2.24) is 15.1 Å². The Morgan fingerprint density at radius 3 is 2.36 bits per heavy atom. The zero-order valence-corrected chi connectivity index (χ0v) is 17.0. The molecule has 9 nitrogen and oxygen atoms in total. The fourth-order valence-corrected chi connectivity index (χ4v) is 3.60. The Bertz CT molecular complexity index is 686. The molecule has 2 N–H and O–H groups in total. The summed E-state index contributed by atoms with van der Waals surface area (Å²) in [7, 11) is 0. The lowest BCUT2D eigenvalue weighted by Gasteiger charge is -2.34. The Labute approximate surface area is 168 Å². The summed E-state index contributed by atoms with van der Waals surface area (Å²) in [5.74, 6) is -0.544. The number of nitrogens with one attached hydrogen (secondary N) is 2. The van der Waals surface area contributed by atoms with Gasteiger partial charge in [-0.2, -0.15) is 0 Å². The topological polar surface area (TPSA) is 100 Å². The van der Waals surface area contributed by atoms with Crippen molar-refractivity contribution < 1.29 is 28.8 Å². The second kappa shape index (κ2) is 10.8. The van der Waals surface area contributed by atoms with Crippen molar-refractivity contribution >= 4 is 35.2 Å². The van der Waals surface area contributed by atoms with Crippen molar-refractivity contribution in [1.29, 1.82) is 0 Å². The third-order valence-corrected chi connectivity index (χ3v) is 5.34. The van der Waals surface area contributed by atoms with Gasteiger partial charge in [-0.1, -0.05) is 6.07 Å². The number of carbonyl (C=O) groups is 4. The fourth-order valence-electron chi connectivity index (χ4n) is 2.91. The molecule has 1 unspecified atom stereocenters. The van der Waals surface area contributed by atoms with Gasteiger partial charge in [-0.15, -0.1) is 11.3 Å².